The lowest BCUT2D eigenvalue weighted by atomic mass is 9.95. The topological polar surface area (TPSA) is 25.4 Å². The molecule has 0 saturated heterocycles. The first-order valence-corrected chi connectivity index (χ1v) is 12.2. The van der Waals surface area contributed by atoms with Crippen LogP contribution in [-0.4, -0.2) is 18.6 Å². The van der Waals surface area contributed by atoms with Crippen LogP contribution in [0.25, 0.3) is 11.3 Å². The maximum atomic E-state index is 14.5. The summed E-state index contributed by atoms with van der Waals surface area (Å²) in [6.07, 6.45) is 9.23. The Bertz CT molecular complexity index is 1210. The average molecular weight is 463 g/mol. The van der Waals surface area contributed by atoms with Crippen LogP contribution in [-0.2, 0) is 0 Å². The Balaban J connectivity index is 1.79. The summed E-state index contributed by atoms with van der Waals surface area (Å²) in [5, 5.41) is 0.891. The van der Waals surface area contributed by atoms with Gasteiger partial charge in [0.15, 0.2) is 5.13 Å². The van der Waals surface area contributed by atoms with Crippen molar-refractivity contribution in [3.05, 3.63) is 63.3 Å². The van der Waals surface area contributed by atoms with Gasteiger partial charge in [0.25, 0.3) is 0 Å². The van der Waals surface area contributed by atoms with Crippen molar-refractivity contribution in [2.45, 2.75) is 53.0 Å². The standard InChI is InChI=1S/C28H31FN2OS/c1-7-13-31(25(16-21-11-12-21)22-9-8-10-24(29)19(22)4)28-30-27(20(5)33-28)23-14-18(3)26(32-6)15-17(23)2/h1,8-10,14-15,21,25H,11-13,16H2,2-6H3/t25-/m0/s1. The van der Waals surface area contributed by atoms with Gasteiger partial charge in [-0.25, -0.2) is 9.37 Å². The fourth-order valence-electron chi connectivity index (χ4n) is 4.51. The highest BCUT2D eigenvalue weighted by Gasteiger charge is 2.32. The van der Waals surface area contributed by atoms with E-state index in [1.54, 1.807) is 24.5 Å². The Kier molecular flexibility index (Phi) is 6.76. The molecule has 1 aliphatic rings. The number of aryl methyl sites for hydroxylation is 3. The van der Waals surface area contributed by atoms with Crippen molar-refractivity contribution in [2.75, 3.05) is 18.6 Å². The third kappa shape index (κ3) is 4.77. The summed E-state index contributed by atoms with van der Waals surface area (Å²) in [5.74, 6) is 4.20. The summed E-state index contributed by atoms with van der Waals surface area (Å²) in [6, 6.07) is 9.57. The molecule has 0 aliphatic heterocycles. The largest absolute Gasteiger partial charge is 0.496 e. The summed E-state index contributed by atoms with van der Waals surface area (Å²) < 4.78 is 20.0. The second kappa shape index (κ2) is 9.57. The lowest BCUT2D eigenvalue weighted by molar-refractivity contribution is 0.411. The molecule has 1 aliphatic carbocycles. The van der Waals surface area contributed by atoms with Gasteiger partial charge in [0.2, 0.25) is 0 Å². The molecule has 0 amide bonds. The second-order valence-corrected chi connectivity index (χ2v) is 10.2. The molecular formula is C28H31FN2OS. The van der Waals surface area contributed by atoms with Crippen LogP contribution in [0, 0.1) is 51.8 Å². The van der Waals surface area contributed by atoms with Crippen molar-refractivity contribution in [1.82, 2.24) is 4.98 Å². The maximum absolute atomic E-state index is 14.5. The molecule has 0 N–H and O–H groups in total. The monoisotopic (exact) mass is 462 g/mol. The molecule has 0 bridgehead atoms. The van der Waals surface area contributed by atoms with Crippen molar-refractivity contribution < 1.29 is 9.13 Å². The summed E-state index contributed by atoms with van der Waals surface area (Å²) in [4.78, 5) is 8.44. The van der Waals surface area contributed by atoms with E-state index < -0.39 is 0 Å². The third-order valence-electron chi connectivity index (χ3n) is 6.59. The highest BCUT2D eigenvalue weighted by molar-refractivity contribution is 7.16. The number of thiazole rings is 1. The predicted octanol–water partition coefficient (Wildman–Crippen LogP) is 7.17. The van der Waals surface area contributed by atoms with E-state index in [9.17, 15) is 4.39 Å². The molecular weight excluding hydrogens is 431 g/mol. The summed E-state index contributed by atoms with van der Waals surface area (Å²) >= 11 is 1.66. The smallest absolute Gasteiger partial charge is 0.187 e. The minimum atomic E-state index is -0.172. The molecule has 0 unspecified atom stereocenters. The molecule has 1 atom stereocenters. The van der Waals surface area contributed by atoms with Crippen LogP contribution >= 0.6 is 11.3 Å². The van der Waals surface area contributed by atoms with Gasteiger partial charge in [-0.2, -0.15) is 0 Å². The third-order valence-corrected chi connectivity index (χ3v) is 7.60. The Morgan fingerprint density at radius 3 is 2.64 bits per heavy atom. The number of methoxy groups -OCH3 is 1. The van der Waals surface area contributed by atoms with Crippen molar-refractivity contribution in [1.29, 1.82) is 0 Å². The summed E-state index contributed by atoms with van der Waals surface area (Å²) in [7, 11) is 1.69. The Morgan fingerprint density at radius 1 is 1.21 bits per heavy atom. The van der Waals surface area contributed by atoms with Crippen LogP contribution in [0.15, 0.2) is 30.3 Å². The number of anilines is 1. The second-order valence-electron chi connectivity index (χ2n) is 9.02. The lowest BCUT2D eigenvalue weighted by Crippen LogP contribution is -2.30. The van der Waals surface area contributed by atoms with Gasteiger partial charge in [0.05, 0.1) is 25.4 Å². The normalized spacial score (nSPS) is 14.1. The van der Waals surface area contributed by atoms with Gasteiger partial charge in [-0.3, -0.25) is 0 Å². The van der Waals surface area contributed by atoms with Gasteiger partial charge in [-0.1, -0.05) is 30.9 Å². The molecule has 1 fully saturated rings. The summed E-state index contributed by atoms with van der Waals surface area (Å²) in [6.45, 7) is 8.53. The Labute approximate surface area is 200 Å². The molecule has 3 nitrogen and oxygen atoms in total. The lowest BCUT2D eigenvalue weighted by Gasteiger charge is -2.32. The number of hydrogen-bond acceptors (Lipinski definition) is 4. The van der Waals surface area contributed by atoms with Crippen LogP contribution < -0.4 is 9.64 Å². The number of aromatic nitrogens is 1. The maximum Gasteiger partial charge on any atom is 0.187 e. The number of benzene rings is 2. The van der Waals surface area contributed by atoms with Gasteiger partial charge >= 0.3 is 0 Å². The molecule has 2 aromatic carbocycles. The molecule has 3 aromatic rings. The Hall–Kier alpha value is -2.84. The van der Waals surface area contributed by atoms with Crippen molar-refractivity contribution in [3.63, 3.8) is 0 Å². The van der Waals surface area contributed by atoms with Crippen LogP contribution in [0.1, 0.15) is 52.4 Å². The number of hydrogen-bond donors (Lipinski definition) is 0. The summed E-state index contributed by atoms with van der Waals surface area (Å²) in [5.41, 5.74) is 5.98. The van der Waals surface area contributed by atoms with Gasteiger partial charge in [0.1, 0.15) is 11.6 Å². The first-order chi connectivity index (χ1) is 15.8. The number of ether oxygens (including phenoxy) is 1. The number of rotatable bonds is 8. The van der Waals surface area contributed by atoms with E-state index in [4.69, 9.17) is 16.1 Å². The molecule has 1 aromatic heterocycles. The van der Waals surface area contributed by atoms with Crippen molar-refractivity contribution in [2.24, 2.45) is 5.92 Å². The zero-order valence-electron chi connectivity index (χ0n) is 20.0. The van der Waals surface area contributed by atoms with E-state index in [1.807, 2.05) is 19.9 Å². The average Bonchev–Trinajstić information content (AvgIpc) is 3.53. The van der Waals surface area contributed by atoms with Crippen LogP contribution in [0.5, 0.6) is 5.75 Å². The zero-order valence-corrected chi connectivity index (χ0v) is 20.9. The van der Waals surface area contributed by atoms with E-state index >= 15 is 0 Å². The minimum absolute atomic E-state index is 0.00125. The number of nitrogens with zero attached hydrogens (tertiary/aromatic N) is 2. The molecule has 4 rings (SSSR count). The quantitative estimate of drug-likeness (QED) is 0.332. The molecule has 33 heavy (non-hydrogen) atoms. The van der Waals surface area contributed by atoms with E-state index in [2.05, 4.69) is 36.8 Å². The van der Waals surface area contributed by atoms with E-state index in [1.165, 1.54) is 18.9 Å². The van der Waals surface area contributed by atoms with Gasteiger partial charge in [-0.05, 0) is 80.5 Å². The number of terminal acetylenes is 1. The minimum Gasteiger partial charge on any atom is -0.496 e. The SMILES string of the molecule is C#CCN(c1nc(-c2cc(C)c(OC)cc2C)c(C)s1)[C@@H](CC1CC1)c1cccc(F)c1C. The van der Waals surface area contributed by atoms with Crippen molar-refractivity contribution >= 4 is 16.5 Å². The molecule has 0 spiro atoms. The van der Waals surface area contributed by atoms with Crippen LogP contribution in [0.4, 0.5) is 9.52 Å². The van der Waals surface area contributed by atoms with Crippen LogP contribution in [0.3, 0.4) is 0 Å². The number of halogens is 1. The molecule has 1 heterocycles. The fraction of sp³-hybridized carbons (Fsp3) is 0.393. The van der Waals surface area contributed by atoms with E-state index in [0.717, 1.165) is 50.1 Å². The first-order valence-electron chi connectivity index (χ1n) is 11.4. The van der Waals surface area contributed by atoms with Crippen molar-refractivity contribution in [3.8, 4) is 29.4 Å². The van der Waals surface area contributed by atoms with Gasteiger partial charge in [-0.15, -0.1) is 17.8 Å². The molecule has 5 heteroatoms. The molecule has 1 saturated carbocycles. The highest BCUT2D eigenvalue weighted by atomic mass is 32.1. The molecule has 0 radical (unpaired) electrons. The fourth-order valence-corrected chi connectivity index (χ4v) is 5.48. The van der Waals surface area contributed by atoms with Gasteiger partial charge in [0, 0.05) is 10.4 Å². The van der Waals surface area contributed by atoms with Crippen LogP contribution in [0.2, 0.25) is 0 Å². The van der Waals surface area contributed by atoms with E-state index in [-0.39, 0.29) is 11.9 Å². The van der Waals surface area contributed by atoms with E-state index in [0.29, 0.717) is 18.0 Å². The predicted molar refractivity (Wildman–Crippen MR) is 136 cm³/mol. The zero-order chi connectivity index (χ0) is 23.7. The highest BCUT2D eigenvalue weighted by Crippen LogP contribution is 2.44. The Morgan fingerprint density at radius 2 is 1.97 bits per heavy atom. The van der Waals surface area contributed by atoms with Gasteiger partial charge < -0.3 is 9.64 Å². The molecule has 172 valence electrons. The first kappa shape index (κ1) is 23.3.